The molecule has 0 saturated carbocycles. The van der Waals surface area contributed by atoms with Crippen LogP contribution in [0.25, 0.3) is 11.0 Å². The van der Waals surface area contributed by atoms with Gasteiger partial charge in [0, 0.05) is 12.7 Å². The largest absolute Gasteiger partial charge is 0.342 e. The molecule has 3 aromatic rings. The lowest BCUT2D eigenvalue weighted by Crippen LogP contribution is -2.29. The molecule has 0 fully saturated rings. The average molecular weight is 311 g/mol. The minimum atomic E-state index is -0.158. The minimum Gasteiger partial charge on any atom is -0.342 e. The maximum atomic E-state index is 12.7. The van der Waals surface area contributed by atoms with Crippen LogP contribution in [0.2, 0.25) is 0 Å². The molecule has 6 heteroatoms. The molecule has 2 aromatic heterocycles. The summed E-state index contributed by atoms with van der Waals surface area (Å²) in [4.78, 5) is 20.5. The number of aromatic nitrogens is 4. The highest BCUT2D eigenvalue weighted by Crippen LogP contribution is 2.20. The molecule has 6 nitrogen and oxygen atoms in total. The van der Waals surface area contributed by atoms with Crippen LogP contribution in [0.3, 0.4) is 0 Å². The SMILES string of the molecule is CCC(NC(=O)c1c(C)nn(C)c1C)c1nc2ccccc2[nH]1. The Hall–Kier alpha value is -2.63. The van der Waals surface area contributed by atoms with Crippen LogP contribution in [-0.4, -0.2) is 25.7 Å². The van der Waals surface area contributed by atoms with Crippen LogP contribution in [0, 0.1) is 13.8 Å². The van der Waals surface area contributed by atoms with E-state index in [0.717, 1.165) is 34.7 Å². The van der Waals surface area contributed by atoms with E-state index in [1.54, 1.807) is 4.68 Å². The molecule has 1 aromatic carbocycles. The lowest BCUT2D eigenvalue weighted by molar-refractivity contribution is 0.0932. The number of carbonyl (C=O) groups is 1. The highest BCUT2D eigenvalue weighted by Gasteiger charge is 2.22. The molecule has 3 rings (SSSR count). The molecule has 0 saturated heterocycles. The van der Waals surface area contributed by atoms with Crippen molar-refractivity contribution in [2.45, 2.75) is 33.2 Å². The number of carbonyl (C=O) groups excluding carboxylic acids is 1. The van der Waals surface area contributed by atoms with E-state index in [9.17, 15) is 4.79 Å². The number of fused-ring (bicyclic) bond motifs is 1. The molecule has 2 N–H and O–H groups in total. The second-order valence-corrected chi connectivity index (χ2v) is 5.74. The molecular weight excluding hydrogens is 290 g/mol. The Balaban J connectivity index is 1.88. The monoisotopic (exact) mass is 311 g/mol. The average Bonchev–Trinajstić information content (AvgIpc) is 3.06. The third-order valence-electron chi connectivity index (χ3n) is 4.19. The lowest BCUT2D eigenvalue weighted by Gasteiger charge is -2.14. The summed E-state index contributed by atoms with van der Waals surface area (Å²) in [6.07, 6.45) is 0.754. The molecule has 1 unspecified atom stereocenters. The first-order valence-electron chi connectivity index (χ1n) is 7.77. The Labute approximate surface area is 134 Å². The first-order valence-corrected chi connectivity index (χ1v) is 7.77. The Morgan fingerprint density at radius 2 is 2.09 bits per heavy atom. The topological polar surface area (TPSA) is 75.6 Å². The van der Waals surface area contributed by atoms with Gasteiger partial charge in [0.2, 0.25) is 0 Å². The predicted molar refractivity (Wildman–Crippen MR) is 89.3 cm³/mol. The number of amides is 1. The van der Waals surface area contributed by atoms with Crippen molar-refractivity contribution in [3.05, 3.63) is 47.0 Å². The van der Waals surface area contributed by atoms with Crippen LogP contribution < -0.4 is 5.32 Å². The Kier molecular flexibility index (Phi) is 3.90. The zero-order chi connectivity index (χ0) is 16.6. The summed E-state index contributed by atoms with van der Waals surface area (Å²) in [6.45, 7) is 5.78. The number of para-hydroxylation sites is 2. The Morgan fingerprint density at radius 3 is 2.70 bits per heavy atom. The fraction of sp³-hybridized carbons (Fsp3) is 0.353. The van der Waals surface area contributed by atoms with Gasteiger partial charge in [-0.15, -0.1) is 0 Å². The molecule has 0 radical (unpaired) electrons. The van der Waals surface area contributed by atoms with Gasteiger partial charge in [-0.3, -0.25) is 9.48 Å². The summed E-state index contributed by atoms with van der Waals surface area (Å²) in [5.74, 6) is 0.668. The highest BCUT2D eigenvalue weighted by molar-refractivity contribution is 5.96. The molecule has 0 aliphatic carbocycles. The number of nitrogens with one attached hydrogen (secondary N) is 2. The molecule has 23 heavy (non-hydrogen) atoms. The van der Waals surface area contributed by atoms with E-state index in [4.69, 9.17) is 0 Å². The van der Waals surface area contributed by atoms with Crippen LogP contribution >= 0.6 is 0 Å². The van der Waals surface area contributed by atoms with Gasteiger partial charge in [-0.2, -0.15) is 5.10 Å². The number of imidazole rings is 1. The summed E-state index contributed by atoms with van der Waals surface area (Å²) < 4.78 is 1.73. The summed E-state index contributed by atoms with van der Waals surface area (Å²) in [5, 5.41) is 7.37. The number of rotatable bonds is 4. The van der Waals surface area contributed by atoms with Crippen LogP contribution in [-0.2, 0) is 7.05 Å². The summed E-state index contributed by atoms with van der Waals surface area (Å²) in [5.41, 5.74) is 4.12. The predicted octanol–water partition coefficient (Wildman–Crippen LogP) is 2.79. The van der Waals surface area contributed by atoms with Crippen molar-refractivity contribution in [1.29, 1.82) is 0 Å². The van der Waals surface area contributed by atoms with Gasteiger partial charge >= 0.3 is 0 Å². The van der Waals surface area contributed by atoms with Crippen molar-refractivity contribution in [3.8, 4) is 0 Å². The van der Waals surface area contributed by atoms with E-state index in [1.807, 2.05) is 52.1 Å². The van der Waals surface area contributed by atoms with Gasteiger partial charge in [0.15, 0.2) is 0 Å². The first-order chi connectivity index (χ1) is 11.0. The maximum Gasteiger partial charge on any atom is 0.255 e. The quantitative estimate of drug-likeness (QED) is 0.778. The van der Waals surface area contributed by atoms with Crippen molar-refractivity contribution in [3.63, 3.8) is 0 Å². The number of hydrogen-bond acceptors (Lipinski definition) is 3. The summed E-state index contributed by atoms with van der Waals surface area (Å²) in [6, 6.07) is 7.70. The number of hydrogen-bond donors (Lipinski definition) is 2. The van der Waals surface area contributed by atoms with Crippen LogP contribution in [0.5, 0.6) is 0 Å². The van der Waals surface area contributed by atoms with E-state index < -0.39 is 0 Å². The van der Waals surface area contributed by atoms with E-state index in [0.29, 0.717) is 5.56 Å². The third kappa shape index (κ3) is 2.72. The van der Waals surface area contributed by atoms with E-state index >= 15 is 0 Å². The Morgan fingerprint density at radius 1 is 1.35 bits per heavy atom. The molecule has 0 bridgehead atoms. The fourth-order valence-corrected chi connectivity index (χ4v) is 2.83. The van der Waals surface area contributed by atoms with Crippen LogP contribution in [0.4, 0.5) is 0 Å². The fourth-order valence-electron chi connectivity index (χ4n) is 2.83. The van der Waals surface area contributed by atoms with E-state index in [2.05, 4.69) is 20.4 Å². The summed E-state index contributed by atoms with van der Waals surface area (Å²) >= 11 is 0. The van der Waals surface area contributed by atoms with Crippen molar-refractivity contribution < 1.29 is 4.79 Å². The molecule has 1 amide bonds. The van der Waals surface area contributed by atoms with Crippen LogP contribution in [0.1, 0.15) is 47.0 Å². The number of nitrogens with zero attached hydrogens (tertiary/aromatic N) is 3. The second kappa shape index (κ2) is 5.87. The molecule has 0 spiro atoms. The van der Waals surface area contributed by atoms with Crippen molar-refractivity contribution in [2.75, 3.05) is 0 Å². The van der Waals surface area contributed by atoms with Gasteiger partial charge in [-0.1, -0.05) is 19.1 Å². The zero-order valence-corrected chi connectivity index (χ0v) is 13.8. The van der Waals surface area contributed by atoms with Crippen LogP contribution in [0.15, 0.2) is 24.3 Å². The Bertz CT molecular complexity index is 828. The van der Waals surface area contributed by atoms with Gasteiger partial charge in [-0.25, -0.2) is 4.98 Å². The molecule has 2 heterocycles. The van der Waals surface area contributed by atoms with Gasteiger partial charge < -0.3 is 10.3 Å². The smallest absolute Gasteiger partial charge is 0.255 e. The maximum absolute atomic E-state index is 12.7. The van der Waals surface area contributed by atoms with Gasteiger partial charge in [0.05, 0.1) is 28.3 Å². The number of aryl methyl sites for hydroxylation is 2. The summed E-state index contributed by atoms with van der Waals surface area (Å²) in [7, 11) is 1.84. The molecular formula is C17H21N5O. The number of H-pyrrole nitrogens is 1. The number of aromatic amines is 1. The third-order valence-corrected chi connectivity index (χ3v) is 4.19. The van der Waals surface area contributed by atoms with Gasteiger partial charge in [-0.05, 0) is 32.4 Å². The highest BCUT2D eigenvalue weighted by atomic mass is 16.1. The van der Waals surface area contributed by atoms with Gasteiger partial charge in [0.1, 0.15) is 5.82 Å². The van der Waals surface area contributed by atoms with E-state index in [-0.39, 0.29) is 11.9 Å². The first kappa shape index (κ1) is 15.3. The standard InChI is InChI=1S/C17H21N5O/c1-5-12(16-18-13-8-6-7-9-14(13)19-16)20-17(23)15-10(2)21-22(4)11(15)3/h6-9,12H,5H2,1-4H3,(H,18,19)(H,20,23). The minimum absolute atomic E-state index is 0.111. The normalized spacial score (nSPS) is 12.5. The lowest BCUT2D eigenvalue weighted by atomic mass is 10.1. The van der Waals surface area contributed by atoms with Gasteiger partial charge in [0.25, 0.3) is 5.91 Å². The molecule has 1 atom stereocenters. The zero-order valence-electron chi connectivity index (χ0n) is 13.8. The van der Waals surface area contributed by atoms with Crippen molar-refractivity contribution in [2.24, 2.45) is 7.05 Å². The van der Waals surface area contributed by atoms with Crippen molar-refractivity contribution in [1.82, 2.24) is 25.1 Å². The second-order valence-electron chi connectivity index (χ2n) is 5.74. The number of benzene rings is 1. The van der Waals surface area contributed by atoms with E-state index in [1.165, 1.54) is 0 Å². The molecule has 120 valence electrons. The van der Waals surface area contributed by atoms with Crippen molar-refractivity contribution >= 4 is 16.9 Å². The molecule has 0 aliphatic heterocycles. The molecule has 0 aliphatic rings.